The minimum absolute atomic E-state index is 0.0468. The lowest BCUT2D eigenvalue weighted by Gasteiger charge is -2.19. The van der Waals surface area contributed by atoms with Crippen molar-refractivity contribution in [1.29, 1.82) is 5.26 Å². The Hall–Kier alpha value is -2.38. The molecule has 4 heteroatoms. The highest BCUT2D eigenvalue weighted by molar-refractivity contribution is 5.75. The number of aliphatic hydroxyl groups is 1. The molecule has 0 aliphatic heterocycles. The molecule has 0 heterocycles. The highest BCUT2D eigenvalue weighted by Gasteiger charge is 2.17. The van der Waals surface area contributed by atoms with Crippen molar-refractivity contribution in [2.24, 2.45) is 11.8 Å². The molecule has 3 atom stereocenters. The maximum absolute atomic E-state index is 11.3. The monoisotopic (exact) mass is 313 g/mol. The summed E-state index contributed by atoms with van der Waals surface area (Å²) in [6, 6.07) is 11.4. The average molecular weight is 313 g/mol. The standard InChI is InChI=1S/C19H23NO3/c1-3-15(18(21)16-11-7-5-8-12-16)10-6-4-9-13-17(14-20)19(22)23-2/h3-5,7-9,11-12,15,17-18,21H,1,6,10,13H2,2H3/b9-4+. The topological polar surface area (TPSA) is 70.3 Å². The second kappa shape index (κ2) is 10.4. The third-order valence-corrected chi connectivity index (χ3v) is 3.70. The first-order valence-corrected chi connectivity index (χ1v) is 7.62. The summed E-state index contributed by atoms with van der Waals surface area (Å²) in [6.07, 6.45) is 6.72. The van der Waals surface area contributed by atoms with Gasteiger partial charge in [-0.2, -0.15) is 5.26 Å². The van der Waals surface area contributed by atoms with Crippen molar-refractivity contribution in [2.45, 2.75) is 25.4 Å². The van der Waals surface area contributed by atoms with E-state index in [0.717, 1.165) is 18.4 Å². The molecule has 0 radical (unpaired) electrons. The molecule has 122 valence electrons. The zero-order chi connectivity index (χ0) is 17.1. The van der Waals surface area contributed by atoms with E-state index in [4.69, 9.17) is 5.26 Å². The summed E-state index contributed by atoms with van der Waals surface area (Å²) in [5.74, 6) is -1.32. The van der Waals surface area contributed by atoms with Crippen LogP contribution in [0.5, 0.6) is 0 Å². The molecule has 23 heavy (non-hydrogen) atoms. The van der Waals surface area contributed by atoms with Gasteiger partial charge < -0.3 is 9.84 Å². The smallest absolute Gasteiger partial charge is 0.323 e. The third-order valence-electron chi connectivity index (χ3n) is 3.70. The van der Waals surface area contributed by atoms with E-state index in [1.165, 1.54) is 7.11 Å². The maximum Gasteiger partial charge on any atom is 0.323 e. The Morgan fingerprint density at radius 3 is 2.65 bits per heavy atom. The molecule has 0 spiro atoms. The fourth-order valence-electron chi connectivity index (χ4n) is 2.28. The number of hydrogen-bond acceptors (Lipinski definition) is 4. The summed E-state index contributed by atoms with van der Waals surface area (Å²) in [7, 11) is 1.27. The third kappa shape index (κ3) is 6.09. The Balaban J connectivity index is 2.46. The number of carbonyl (C=O) groups excluding carboxylic acids is 1. The number of carbonyl (C=O) groups is 1. The van der Waals surface area contributed by atoms with Crippen LogP contribution in [0.2, 0.25) is 0 Å². The van der Waals surface area contributed by atoms with E-state index in [9.17, 15) is 9.90 Å². The van der Waals surface area contributed by atoms with Crippen LogP contribution in [0, 0.1) is 23.2 Å². The van der Waals surface area contributed by atoms with Gasteiger partial charge in [-0.3, -0.25) is 4.79 Å². The van der Waals surface area contributed by atoms with Crippen LogP contribution in [0.25, 0.3) is 0 Å². The summed E-state index contributed by atoms with van der Waals surface area (Å²) in [6.45, 7) is 3.79. The van der Waals surface area contributed by atoms with E-state index in [1.807, 2.05) is 42.5 Å². The Morgan fingerprint density at radius 2 is 2.09 bits per heavy atom. The van der Waals surface area contributed by atoms with Crippen LogP contribution in [0.4, 0.5) is 0 Å². The highest BCUT2D eigenvalue weighted by atomic mass is 16.5. The molecule has 1 N–H and O–H groups in total. The van der Waals surface area contributed by atoms with Gasteiger partial charge in [0.25, 0.3) is 0 Å². The van der Waals surface area contributed by atoms with Gasteiger partial charge in [-0.25, -0.2) is 0 Å². The van der Waals surface area contributed by atoms with Gasteiger partial charge in [-0.1, -0.05) is 48.6 Å². The second-order valence-corrected chi connectivity index (χ2v) is 5.24. The van der Waals surface area contributed by atoms with Crippen LogP contribution >= 0.6 is 0 Å². The minimum Gasteiger partial charge on any atom is -0.468 e. The van der Waals surface area contributed by atoms with Crippen molar-refractivity contribution in [3.05, 3.63) is 60.7 Å². The van der Waals surface area contributed by atoms with Crippen LogP contribution in [0.15, 0.2) is 55.1 Å². The van der Waals surface area contributed by atoms with Crippen molar-refractivity contribution < 1.29 is 14.6 Å². The average Bonchev–Trinajstić information content (AvgIpc) is 2.61. The second-order valence-electron chi connectivity index (χ2n) is 5.24. The van der Waals surface area contributed by atoms with Crippen molar-refractivity contribution in [2.75, 3.05) is 7.11 Å². The van der Waals surface area contributed by atoms with Gasteiger partial charge in [-0.15, -0.1) is 6.58 Å². The number of benzene rings is 1. The summed E-state index contributed by atoms with van der Waals surface area (Å²) < 4.78 is 4.55. The van der Waals surface area contributed by atoms with Gasteiger partial charge >= 0.3 is 5.97 Å². The predicted molar refractivity (Wildman–Crippen MR) is 89.2 cm³/mol. The molecule has 0 saturated carbocycles. The molecule has 1 rings (SSSR count). The molecule has 0 aliphatic carbocycles. The SMILES string of the molecule is C=CC(CC/C=C/CC(C#N)C(=O)OC)C(O)c1ccccc1. The summed E-state index contributed by atoms with van der Waals surface area (Å²) in [5, 5.41) is 19.2. The first-order chi connectivity index (χ1) is 11.1. The van der Waals surface area contributed by atoms with Crippen molar-refractivity contribution in [3.63, 3.8) is 0 Å². The summed E-state index contributed by atoms with van der Waals surface area (Å²) >= 11 is 0. The number of allylic oxidation sites excluding steroid dienone is 2. The van der Waals surface area contributed by atoms with Gasteiger partial charge in [-0.05, 0) is 24.8 Å². The van der Waals surface area contributed by atoms with E-state index in [-0.39, 0.29) is 5.92 Å². The van der Waals surface area contributed by atoms with Crippen molar-refractivity contribution in [1.82, 2.24) is 0 Å². The molecule has 0 aliphatic rings. The number of aliphatic hydroxyl groups excluding tert-OH is 1. The Bertz CT molecular complexity index is 560. The van der Waals surface area contributed by atoms with Crippen LogP contribution in [-0.4, -0.2) is 18.2 Å². The lowest BCUT2D eigenvalue weighted by Crippen LogP contribution is -2.13. The van der Waals surface area contributed by atoms with Crippen LogP contribution in [-0.2, 0) is 9.53 Å². The van der Waals surface area contributed by atoms with Gasteiger partial charge in [0, 0.05) is 5.92 Å². The summed E-state index contributed by atoms with van der Waals surface area (Å²) in [4.78, 5) is 11.3. The van der Waals surface area contributed by atoms with Gasteiger partial charge in [0.1, 0.15) is 5.92 Å². The number of methoxy groups -OCH3 is 1. The zero-order valence-electron chi connectivity index (χ0n) is 13.4. The van der Waals surface area contributed by atoms with Crippen LogP contribution < -0.4 is 0 Å². The van der Waals surface area contributed by atoms with E-state index in [0.29, 0.717) is 6.42 Å². The molecule has 0 fully saturated rings. The van der Waals surface area contributed by atoms with E-state index in [2.05, 4.69) is 11.3 Å². The van der Waals surface area contributed by atoms with Crippen LogP contribution in [0.1, 0.15) is 30.9 Å². The number of esters is 1. The fraction of sp³-hybridized carbons (Fsp3) is 0.368. The minimum atomic E-state index is -0.763. The van der Waals surface area contributed by atoms with E-state index in [1.54, 1.807) is 12.2 Å². The first-order valence-electron chi connectivity index (χ1n) is 7.62. The first kappa shape index (κ1) is 18.7. The number of nitriles is 1. The molecule has 0 amide bonds. The van der Waals surface area contributed by atoms with Crippen molar-refractivity contribution in [3.8, 4) is 6.07 Å². The normalized spacial score (nSPS) is 14.7. The molecule has 0 aromatic heterocycles. The molecule has 0 bridgehead atoms. The number of rotatable bonds is 9. The Morgan fingerprint density at radius 1 is 1.39 bits per heavy atom. The number of hydrogen-bond donors (Lipinski definition) is 1. The molecule has 1 aromatic carbocycles. The highest BCUT2D eigenvalue weighted by Crippen LogP contribution is 2.26. The predicted octanol–water partition coefficient (Wildman–Crippen LogP) is 3.56. The molecule has 4 nitrogen and oxygen atoms in total. The molecule has 0 saturated heterocycles. The largest absolute Gasteiger partial charge is 0.468 e. The fourth-order valence-corrected chi connectivity index (χ4v) is 2.28. The molecule has 3 unspecified atom stereocenters. The van der Waals surface area contributed by atoms with Crippen LogP contribution in [0.3, 0.4) is 0 Å². The van der Waals surface area contributed by atoms with E-state index >= 15 is 0 Å². The summed E-state index contributed by atoms with van der Waals surface area (Å²) in [5.41, 5.74) is 0.872. The molecular weight excluding hydrogens is 290 g/mol. The van der Waals surface area contributed by atoms with Crippen molar-refractivity contribution >= 4 is 5.97 Å². The maximum atomic E-state index is 11.3. The molecular formula is C19H23NO3. The van der Waals surface area contributed by atoms with Gasteiger partial charge in [0.15, 0.2) is 0 Å². The lowest BCUT2D eigenvalue weighted by molar-refractivity contribution is -0.143. The lowest BCUT2D eigenvalue weighted by atomic mass is 9.91. The Labute approximate surface area is 137 Å². The van der Waals surface area contributed by atoms with Gasteiger partial charge in [0.2, 0.25) is 0 Å². The quantitative estimate of drug-likeness (QED) is 0.559. The van der Waals surface area contributed by atoms with E-state index < -0.39 is 18.0 Å². The van der Waals surface area contributed by atoms with Gasteiger partial charge in [0.05, 0.1) is 19.3 Å². The number of nitrogens with zero attached hydrogens (tertiary/aromatic N) is 1. The number of ether oxygens (including phenoxy) is 1. The zero-order valence-corrected chi connectivity index (χ0v) is 13.4. The Kier molecular flexibility index (Phi) is 8.41. The molecule has 1 aromatic rings.